The van der Waals surface area contributed by atoms with Crippen molar-refractivity contribution in [1.29, 1.82) is 0 Å². The molecule has 1 saturated heterocycles. The zero-order valence-corrected chi connectivity index (χ0v) is 13.3. The molecule has 7 heteroatoms. The molecule has 1 fully saturated rings. The maximum absolute atomic E-state index is 6.04. The van der Waals surface area contributed by atoms with Gasteiger partial charge in [-0.1, -0.05) is 35.0 Å². The third-order valence-electron chi connectivity index (χ3n) is 2.99. The van der Waals surface area contributed by atoms with E-state index in [1.807, 2.05) is 23.9 Å². The molecule has 0 radical (unpaired) electrons. The first kappa shape index (κ1) is 13.9. The molecule has 1 N–H and O–H groups in total. The Bertz CT molecular complexity index is 516. The Hall–Kier alpha value is -0.0700. The highest BCUT2D eigenvalue weighted by molar-refractivity contribution is 8.14. The third-order valence-corrected chi connectivity index (χ3v) is 5.73. The fraction of sp³-hybridized carbons (Fsp3) is 0.417. The van der Waals surface area contributed by atoms with Gasteiger partial charge in [-0.2, -0.15) is 0 Å². The number of rotatable bonds is 2. The predicted octanol–water partition coefficient (Wildman–Crippen LogP) is 3.97. The molecule has 0 spiro atoms. The molecule has 1 aromatic rings. The average Bonchev–Trinajstić information content (AvgIpc) is 2.91. The minimum Gasteiger partial charge on any atom is -0.335 e. The SMILES string of the molecule is Clc1cc2c(cc1Cl)NC(SCN1CCSC1)=NC2. The van der Waals surface area contributed by atoms with Crippen LogP contribution in [0.5, 0.6) is 0 Å². The summed E-state index contributed by atoms with van der Waals surface area (Å²) in [5, 5.41) is 5.45. The van der Waals surface area contributed by atoms with Crippen molar-refractivity contribution in [1.82, 2.24) is 4.90 Å². The second-order valence-electron chi connectivity index (χ2n) is 4.38. The first-order valence-electron chi connectivity index (χ1n) is 5.94. The van der Waals surface area contributed by atoms with Crippen LogP contribution in [0, 0.1) is 0 Å². The summed E-state index contributed by atoms with van der Waals surface area (Å²) in [6, 6.07) is 3.76. The van der Waals surface area contributed by atoms with Crippen LogP contribution in [-0.2, 0) is 6.54 Å². The van der Waals surface area contributed by atoms with Crippen LogP contribution in [-0.4, -0.2) is 34.1 Å². The Morgan fingerprint density at radius 2 is 2.21 bits per heavy atom. The fourth-order valence-corrected chi connectivity index (χ4v) is 4.26. The van der Waals surface area contributed by atoms with Crippen LogP contribution in [0.1, 0.15) is 5.56 Å². The molecule has 0 aromatic heterocycles. The maximum atomic E-state index is 6.04. The zero-order chi connectivity index (χ0) is 13.2. The predicted molar refractivity (Wildman–Crippen MR) is 87.7 cm³/mol. The van der Waals surface area contributed by atoms with E-state index in [2.05, 4.69) is 15.2 Å². The largest absolute Gasteiger partial charge is 0.335 e. The summed E-state index contributed by atoms with van der Waals surface area (Å²) < 4.78 is 0. The van der Waals surface area contributed by atoms with Crippen molar-refractivity contribution < 1.29 is 0 Å². The second kappa shape index (κ2) is 6.14. The number of aliphatic imine (C=N–C) groups is 1. The van der Waals surface area contributed by atoms with Crippen molar-refractivity contribution in [3.05, 3.63) is 27.7 Å². The minimum atomic E-state index is 0.579. The van der Waals surface area contributed by atoms with Gasteiger partial charge in [-0.3, -0.25) is 9.89 Å². The van der Waals surface area contributed by atoms with Crippen molar-refractivity contribution >= 4 is 57.6 Å². The minimum absolute atomic E-state index is 0.579. The molecule has 0 saturated carbocycles. The number of fused-ring (bicyclic) bond motifs is 1. The Morgan fingerprint density at radius 1 is 1.37 bits per heavy atom. The molecule has 2 aliphatic rings. The lowest BCUT2D eigenvalue weighted by atomic mass is 10.1. The summed E-state index contributed by atoms with van der Waals surface area (Å²) in [4.78, 5) is 6.96. The Balaban J connectivity index is 1.63. The monoisotopic (exact) mass is 333 g/mol. The quantitative estimate of drug-likeness (QED) is 0.886. The van der Waals surface area contributed by atoms with E-state index >= 15 is 0 Å². The normalized spacial score (nSPS) is 18.9. The molecule has 19 heavy (non-hydrogen) atoms. The van der Waals surface area contributed by atoms with Gasteiger partial charge in [-0.05, 0) is 17.7 Å². The van der Waals surface area contributed by atoms with Gasteiger partial charge in [0.25, 0.3) is 0 Å². The van der Waals surface area contributed by atoms with Crippen molar-refractivity contribution in [3.63, 3.8) is 0 Å². The number of anilines is 1. The van der Waals surface area contributed by atoms with Gasteiger partial charge in [0.1, 0.15) is 0 Å². The fourth-order valence-electron chi connectivity index (χ4n) is 1.93. The van der Waals surface area contributed by atoms with E-state index in [-0.39, 0.29) is 0 Å². The summed E-state index contributed by atoms with van der Waals surface area (Å²) in [5.74, 6) is 3.34. The smallest absolute Gasteiger partial charge is 0.162 e. The molecule has 3 nitrogen and oxygen atoms in total. The number of nitrogens with zero attached hydrogens (tertiary/aromatic N) is 2. The highest BCUT2D eigenvalue weighted by Gasteiger charge is 2.17. The zero-order valence-electron chi connectivity index (χ0n) is 10.2. The molecule has 2 heterocycles. The summed E-state index contributed by atoms with van der Waals surface area (Å²) in [6.45, 7) is 1.83. The Kier molecular flexibility index (Phi) is 4.49. The van der Waals surface area contributed by atoms with Crippen LogP contribution in [0.25, 0.3) is 0 Å². The molecule has 0 amide bonds. The van der Waals surface area contributed by atoms with Gasteiger partial charge in [0.15, 0.2) is 5.17 Å². The molecule has 0 bridgehead atoms. The molecule has 0 unspecified atom stereocenters. The number of thioether (sulfide) groups is 2. The van der Waals surface area contributed by atoms with E-state index < -0.39 is 0 Å². The van der Waals surface area contributed by atoms with E-state index in [0.717, 1.165) is 28.2 Å². The molecule has 102 valence electrons. The van der Waals surface area contributed by atoms with Crippen LogP contribution in [0.3, 0.4) is 0 Å². The van der Waals surface area contributed by atoms with Crippen molar-refractivity contribution in [3.8, 4) is 0 Å². The van der Waals surface area contributed by atoms with Gasteiger partial charge in [0.05, 0.1) is 22.5 Å². The van der Waals surface area contributed by atoms with Crippen LogP contribution >= 0.6 is 46.7 Å². The molecule has 0 aliphatic carbocycles. The molecule has 0 atom stereocenters. The maximum Gasteiger partial charge on any atom is 0.162 e. The first-order chi connectivity index (χ1) is 9.22. The van der Waals surface area contributed by atoms with Crippen LogP contribution in [0.15, 0.2) is 17.1 Å². The van der Waals surface area contributed by atoms with E-state index in [4.69, 9.17) is 23.2 Å². The molecule has 3 rings (SSSR count). The summed E-state index contributed by atoms with van der Waals surface area (Å²) in [5.41, 5.74) is 2.11. The van der Waals surface area contributed by atoms with Gasteiger partial charge >= 0.3 is 0 Å². The number of amidine groups is 1. The van der Waals surface area contributed by atoms with E-state index in [9.17, 15) is 0 Å². The Labute approximate surface area is 131 Å². The molecule has 1 aromatic carbocycles. The van der Waals surface area contributed by atoms with Gasteiger partial charge in [-0.25, -0.2) is 0 Å². The van der Waals surface area contributed by atoms with Crippen LogP contribution < -0.4 is 5.32 Å². The highest BCUT2D eigenvalue weighted by Crippen LogP contribution is 2.32. The van der Waals surface area contributed by atoms with E-state index in [1.54, 1.807) is 11.8 Å². The lowest BCUT2D eigenvalue weighted by Gasteiger charge is -2.20. The standard InChI is InChI=1S/C12H13Cl2N3S2/c13-9-3-8-5-15-12(16-11(8)4-10(9)14)19-7-17-1-2-18-6-17/h3-4H,1-2,5-7H2,(H,15,16). The number of nitrogens with one attached hydrogen (secondary N) is 1. The first-order valence-corrected chi connectivity index (χ1v) is 8.84. The third kappa shape index (κ3) is 3.34. The van der Waals surface area contributed by atoms with E-state index in [0.29, 0.717) is 16.6 Å². The van der Waals surface area contributed by atoms with Gasteiger partial charge in [0.2, 0.25) is 0 Å². The molecule has 2 aliphatic heterocycles. The average molecular weight is 334 g/mol. The molecular formula is C12H13Cl2N3S2. The van der Waals surface area contributed by atoms with Gasteiger partial charge in [0, 0.05) is 23.9 Å². The summed E-state index contributed by atoms with van der Waals surface area (Å²) in [6.07, 6.45) is 0. The highest BCUT2D eigenvalue weighted by atomic mass is 35.5. The van der Waals surface area contributed by atoms with Crippen molar-refractivity contribution in [2.75, 3.05) is 29.4 Å². The lowest BCUT2D eigenvalue weighted by Crippen LogP contribution is -2.22. The van der Waals surface area contributed by atoms with Crippen molar-refractivity contribution in [2.24, 2.45) is 4.99 Å². The second-order valence-corrected chi connectivity index (χ2v) is 7.20. The number of benzene rings is 1. The van der Waals surface area contributed by atoms with Gasteiger partial charge < -0.3 is 5.32 Å². The lowest BCUT2D eigenvalue weighted by molar-refractivity contribution is 0.422. The van der Waals surface area contributed by atoms with E-state index in [1.165, 1.54) is 12.3 Å². The number of hydrogen-bond donors (Lipinski definition) is 1. The Morgan fingerprint density at radius 3 is 3.00 bits per heavy atom. The summed E-state index contributed by atoms with van der Waals surface area (Å²) in [7, 11) is 0. The topological polar surface area (TPSA) is 27.6 Å². The van der Waals surface area contributed by atoms with Crippen LogP contribution in [0.4, 0.5) is 5.69 Å². The number of hydrogen-bond acceptors (Lipinski definition) is 5. The molecular weight excluding hydrogens is 321 g/mol. The van der Waals surface area contributed by atoms with Gasteiger partial charge in [-0.15, -0.1) is 11.8 Å². The number of halogens is 2. The van der Waals surface area contributed by atoms with Crippen molar-refractivity contribution in [2.45, 2.75) is 6.54 Å². The summed E-state index contributed by atoms with van der Waals surface area (Å²) >= 11 is 15.8. The van der Waals surface area contributed by atoms with Crippen LogP contribution in [0.2, 0.25) is 10.0 Å².